The Kier molecular flexibility index (Phi) is 6.33. The molecule has 12 heteroatoms. The number of aromatic nitrogens is 2. The van der Waals surface area contributed by atoms with Crippen LogP contribution in [0, 0.1) is 11.7 Å². The van der Waals surface area contributed by atoms with Crippen molar-refractivity contribution in [2.45, 2.75) is 38.1 Å². The lowest BCUT2D eigenvalue weighted by Gasteiger charge is -2.41. The highest BCUT2D eigenvalue weighted by Crippen LogP contribution is 2.45. The van der Waals surface area contributed by atoms with Gasteiger partial charge in [-0.05, 0) is 24.6 Å². The van der Waals surface area contributed by atoms with E-state index < -0.39 is 48.2 Å². The van der Waals surface area contributed by atoms with Gasteiger partial charge in [-0.2, -0.15) is 13.2 Å². The van der Waals surface area contributed by atoms with Crippen molar-refractivity contribution < 1.29 is 36.2 Å². The summed E-state index contributed by atoms with van der Waals surface area (Å²) in [6.07, 6.45) is -5.10. The Hall–Kier alpha value is -3.31. The molecule has 2 heterocycles. The minimum Gasteiger partial charge on any atom is -0.452 e. The number of halogens is 5. The number of alkyl halides is 4. The zero-order valence-electron chi connectivity index (χ0n) is 17.0. The number of carbonyl (C=O) groups is 1. The predicted molar refractivity (Wildman–Crippen MR) is 102 cm³/mol. The van der Waals surface area contributed by atoms with Crippen molar-refractivity contribution >= 4 is 11.8 Å². The topological polar surface area (TPSA) is 99.7 Å². The van der Waals surface area contributed by atoms with Gasteiger partial charge in [0.2, 0.25) is 18.8 Å². The zero-order chi connectivity index (χ0) is 23.7. The second-order valence-corrected chi connectivity index (χ2v) is 7.37. The molecule has 0 unspecified atom stereocenters. The van der Waals surface area contributed by atoms with Crippen LogP contribution in [0.2, 0.25) is 0 Å². The van der Waals surface area contributed by atoms with Gasteiger partial charge < -0.3 is 15.2 Å². The van der Waals surface area contributed by atoms with Crippen molar-refractivity contribution in [1.82, 2.24) is 9.97 Å². The first kappa shape index (κ1) is 23.4. The number of aliphatic imine (C=N–C) groups is 1. The molecule has 1 aliphatic heterocycles. The van der Waals surface area contributed by atoms with E-state index in [2.05, 4.69) is 24.4 Å². The summed E-state index contributed by atoms with van der Waals surface area (Å²) in [7, 11) is 0. The zero-order valence-corrected chi connectivity index (χ0v) is 17.0. The largest absolute Gasteiger partial charge is 0.452 e. The second-order valence-electron chi connectivity index (χ2n) is 7.37. The maximum atomic E-state index is 14.7. The number of ketones is 1. The molecule has 2 N–H and O–H groups in total. The van der Waals surface area contributed by atoms with Crippen molar-refractivity contribution in [1.29, 1.82) is 0 Å². The highest BCUT2D eigenvalue weighted by atomic mass is 19.4. The van der Waals surface area contributed by atoms with E-state index in [0.29, 0.717) is 5.56 Å². The summed E-state index contributed by atoms with van der Waals surface area (Å²) in [4.78, 5) is 24.1. The number of hydrogen-bond acceptors (Lipinski definition) is 7. The molecule has 1 aliphatic rings. The quantitative estimate of drug-likeness (QED) is 0.526. The molecule has 32 heavy (non-hydrogen) atoms. The van der Waals surface area contributed by atoms with Crippen molar-refractivity contribution in [3.8, 4) is 5.88 Å². The van der Waals surface area contributed by atoms with E-state index in [4.69, 9.17) is 5.73 Å². The Morgan fingerprint density at radius 1 is 1.28 bits per heavy atom. The molecule has 0 spiro atoms. The van der Waals surface area contributed by atoms with E-state index >= 15 is 0 Å². The number of rotatable bonds is 6. The molecule has 0 radical (unpaired) electrons. The molecule has 0 amide bonds. The molecule has 0 fully saturated rings. The van der Waals surface area contributed by atoms with Crippen LogP contribution in [0.4, 0.5) is 22.0 Å². The minimum absolute atomic E-state index is 0.0490. The van der Waals surface area contributed by atoms with Gasteiger partial charge in [-0.15, -0.1) is 0 Å². The Balaban J connectivity index is 1.91. The first-order valence-electron chi connectivity index (χ1n) is 9.37. The Bertz CT molecular complexity index is 1030. The lowest BCUT2D eigenvalue weighted by atomic mass is 9.76. The van der Waals surface area contributed by atoms with Gasteiger partial charge >= 0.3 is 6.18 Å². The van der Waals surface area contributed by atoms with Crippen molar-refractivity contribution in [2.75, 3.05) is 6.86 Å². The van der Waals surface area contributed by atoms with Gasteiger partial charge in [0.15, 0.2) is 5.78 Å². The van der Waals surface area contributed by atoms with Crippen molar-refractivity contribution in [3.05, 3.63) is 53.2 Å². The van der Waals surface area contributed by atoms with Crippen LogP contribution >= 0.6 is 0 Å². The number of ether oxygens (including phenoxy) is 2. The number of nitrogens with two attached hydrogens (primary N) is 1. The first-order chi connectivity index (χ1) is 15.0. The van der Waals surface area contributed by atoms with Crippen LogP contribution in [0.5, 0.6) is 5.88 Å². The molecule has 0 aliphatic carbocycles. The normalized spacial score (nSPS) is 23.3. The molecule has 1 aromatic carbocycles. The van der Waals surface area contributed by atoms with Crippen molar-refractivity contribution in [2.24, 2.45) is 16.6 Å². The van der Waals surface area contributed by atoms with Crippen LogP contribution in [-0.2, 0) is 16.7 Å². The van der Waals surface area contributed by atoms with Crippen LogP contribution in [-0.4, -0.2) is 40.9 Å². The molecule has 1 aromatic heterocycles. The number of hydrogen-bond donors (Lipinski definition) is 1. The summed E-state index contributed by atoms with van der Waals surface area (Å²) < 4.78 is 76.3. The molecule has 0 saturated carbocycles. The first-order valence-corrected chi connectivity index (χ1v) is 9.37. The lowest BCUT2D eigenvalue weighted by Crippen LogP contribution is -2.52. The van der Waals surface area contributed by atoms with Gasteiger partial charge in [0.05, 0.1) is 17.9 Å². The summed E-state index contributed by atoms with van der Waals surface area (Å²) in [6, 6.07) is 2.93. The second kappa shape index (κ2) is 8.67. The van der Waals surface area contributed by atoms with Gasteiger partial charge in [-0.1, -0.05) is 13.0 Å². The predicted octanol–water partition coefficient (Wildman–Crippen LogP) is 3.47. The van der Waals surface area contributed by atoms with Gasteiger partial charge in [-0.3, -0.25) is 4.79 Å². The summed E-state index contributed by atoms with van der Waals surface area (Å²) >= 11 is 0. The molecule has 0 bridgehead atoms. The standard InChI is InChI=1S/C20H19F5N4O3/c1-10-17(20(23,24)25)32-18(26)29-19(10,2)12-5-11(3-4-13(12)22)6-15(30)14-7-28-16(8-27-14)31-9-21/h3-5,7-8,10,17H,6,9H2,1-2H3,(H2,26,29)/t10-,17-,19-/m0/s1. The molecule has 0 saturated heterocycles. The monoisotopic (exact) mass is 458 g/mol. The lowest BCUT2D eigenvalue weighted by molar-refractivity contribution is -0.223. The molecule has 7 nitrogen and oxygen atoms in total. The fourth-order valence-electron chi connectivity index (χ4n) is 3.48. The van der Waals surface area contributed by atoms with E-state index in [0.717, 1.165) is 18.5 Å². The number of benzene rings is 1. The molecular weight excluding hydrogens is 439 g/mol. The number of carbonyl (C=O) groups excluding carboxylic acids is 1. The fourth-order valence-corrected chi connectivity index (χ4v) is 3.48. The SMILES string of the molecule is C[C@H]1[C@@H](C(F)(F)F)OC(N)=N[C@]1(C)c1cc(CC(=O)c2cnc(OCF)cn2)ccc1F. The van der Waals surface area contributed by atoms with Crippen LogP contribution in [0.1, 0.15) is 35.5 Å². The molecule has 3 rings (SSSR count). The summed E-state index contributed by atoms with van der Waals surface area (Å²) in [5.41, 5.74) is 3.89. The Morgan fingerprint density at radius 2 is 2.00 bits per heavy atom. The van der Waals surface area contributed by atoms with Gasteiger partial charge in [-0.25, -0.2) is 23.7 Å². The minimum atomic E-state index is -4.75. The third-order valence-electron chi connectivity index (χ3n) is 5.31. The smallest absolute Gasteiger partial charge is 0.425 e. The third kappa shape index (κ3) is 4.63. The van der Waals surface area contributed by atoms with Crippen LogP contribution in [0.15, 0.2) is 35.6 Å². The van der Waals surface area contributed by atoms with E-state index in [1.165, 1.54) is 26.0 Å². The maximum absolute atomic E-state index is 14.7. The maximum Gasteiger partial charge on any atom is 0.425 e. The van der Waals surface area contributed by atoms with Gasteiger partial charge in [0, 0.05) is 17.9 Å². The average molecular weight is 458 g/mol. The summed E-state index contributed by atoms with van der Waals surface area (Å²) in [6.45, 7) is 1.46. The van der Waals surface area contributed by atoms with Crippen molar-refractivity contribution in [3.63, 3.8) is 0 Å². The summed E-state index contributed by atoms with van der Waals surface area (Å²) in [5.74, 6) is -2.72. The van der Waals surface area contributed by atoms with E-state index in [9.17, 15) is 26.7 Å². The van der Waals surface area contributed by atoms with E-state index in [1.807, 2.05) is 0 Å². The van der Waals surface area contributed by atoms with Crippen LogP contribution < -0.4 is 10.5 Å². The highest BCUT2D eigenvalue weighted by molar-refractivity contribution is 5.95. The molecule has 3 atom stereocenters. The third-order valence-corrected chi connectivity index (χ3v) is 5.31. The molecule has 172 valence electrons. The summed E-state index contributed by atoms with van der Waals surface area (Å²) in [5, 5.41) is 0. The van der Waals surface area contributed by atoms with Gasteiger partial charge in [0.1, 0.15) is 11.5 Å². The Morgan fingerprint density at radius 3 is 2.59 bits per heavy atom. The highest BCUT2D eigenvalue weighted by Gasteiger charge is 2.55. The number of Topliss-reactive ketones (excluding diaryl/α,β-unsaturated/α-hetero) is 1. The molecular formula is C20H19F5N4O3. The number of nitrogens with zero attached hydrogens (tertiary/aromatic N) is 3. The average Bonchev–Trinajstić information content (AvgIpc) is 2.72. The van der Waals surface area contributed by atoms with Crippen LogP contribution in [0.25, 0.3) is 0 Å². The van der Waals surface area contributed by atoms with E-state index in [-0.39, 0.29) is 23.6 Å². The Labute approximate surface area is 179 Å². The van der Waals surface area contributed by atoms with Crippen LogP contribution in [0.3, 0.4) is 0 Å². The van der Waals surface area contributed by atoms with Gasteiger partial charge in [0.25, 0.3) is 6.02 Å². The number of amidine groups is 1. The van der Waals surface area contributed by atoms with E-state index in [1.54, 1.807) is 0 Å². The molecule has 2 aromatic rings. The fraction of sp³-hybridized carbons (Fsp3) is 0.400.